The number of benzene rings is 1. The summed E-state index contributed by atoms with van der Waals surface area (Å²) in [6.07, 6.45) is 0.897. The summed E-state index contributed by atoms with van der Waals surface area (Å²) in [7, 11) is -3.66. The molecule has 1 aromatic carbocycles. The molecule has 1 fully saturated rings. The molecule has 4 heterocycles. The van der Waals surface area contributed by atoms with Gasteiger partial charge in [-0.15, -0.1) is 0 Å². The van der Waals surface area contributed by atoms with Crippen molar-refractivity contribution in [1.29, 1.82) is 0 Å². The van der Waals surface area contributed by atoms with Crippen LogP contribution in [0.4, 0.5) is 0 Å². The second-order valence-corrected chi connectivity index (χ2v) is 9.53. The molecular formula is C20H19N3O4S. The Bertz CT molecular complexity index is 1310. The second kappa shape index (κ2) is 6.15. The van der Waals surface area contributed by atoms with Crippen molar-refractivity contribution in [2.45, 2.75) is 23.8 Å². The Hall–Kier alpha value is -2.71. The number of sulfonamides is 1. The first-order chi connectivity index (χ1) is 13.4. The van der Waals surface area contributed by atoms with Crippen molar-refractivity contribution in [3.8, 4) is 0 Å². The monoisotopic (exact) mass is 397 g/mol. The van der Waals surface area contributed by atoms with Gasteiger partial charge in [0.2, 0.25) is 15.6 Å². The molecule has 2 aromatic heterocycles. The molecule has 2 aliphatic rings. The van der Waals surface area contributed by atoms with Crippen LogP contribution in [0.2, 0.25) is 0 Å². The van der Waals surface area contributed by atoms with Crippen molar-refractivity contribution < 1.29 is 8.42 Å². The van der Waals surface area contributed by atoms with E-state index in [1.54, 1.807) is 39.2 Å². The van der Waals surface area contributed by atoms with Crippen LogP contribution in [0.25, 0.3) is 10.9 Å². The van der Waals surface area contributed by atoms with Crippen LogP contribution in [-0.4, -0.2) is 35.4 Å². The second-order valence-electron chi connectivity index (χ2n) is 7.59. The molecule has 8 heteroatoms. The predicted molar refractivity (Wildman–Crippen MR) is 105 cm³/mol. The lowest BCUT2D eigenvalue weighted by Crippen LogP contribution is -2.48. The topological polar surface area (TPSA) is 92.2 Å². The number of rotatable bonds is 2. The maximum Gasteiger partial charge on any atom is 0.250 e. The van der Waals surface area contributed by atoms with Crippen LogP contribution in [0, 0.1) is 5.92 Å². The summed E-state index contributed by atoms with van der Waals surface area (Å²) in [4.78, 5) is 26.5. The number of aromatic amines is 1. The van der Waals surface area contributed by atoms with Crippen molar-refractivity contribution >= 4 is 20.9 Å². The van der Waals surface area contributed by atoms with Gasteiger partial charge in [-0.3, -0.25) is 9.59 Å². The highest BCUT2D eigenvalue weighted by atomic mass is 32.2. The average Bonchev–Trinajstić information content (AvgIpc) is 2.68. The summed E-state index contributed by atoms with van der Waals surface area (Å²) >= 11 is 0. The smallest absolute Gasteiger partial charge is 0.250 e. The fourth-order valence-corrected chi connectivity index (χ4v) is 6.09. The largest absolute Gasteiger partial charge is 0.322 e. The fraction of sp³-hybridized carbons (Fsp3) is 0.300. The molecule has 7 nitrogen and oxygen atoms in total. The van der Waals surface area contributed by atoms with Gasteiger partial charge in [-0.25, -0.2) is 8.42 Å². The molecule has 0 aliphatic carbocycles. The lowest BCUT2D eigenvalue weighted by atomic mass is 9.84. The van der Waals surface area contributed by atoms with E-state index in [-0.39, 0.29) is 27.8 Å². The van der Waals surface area contributed by atoms with Crippen LogP contribution in [0.1, 0.15) is 18.0 Å². The lowest BCUT2D eigenvalue weighted by Gasteiger charge is -2.42. The van der Waals surface area contributed by atoms with Crippen LogP contribution in [0.15, 0.2) is 63.0 Å². The summed E-state index contributed by atoms with van der Waals surface area (Å²) in [6, 6.07) is 13.0. The molecule has 1 N–H and O–H groups in total. The van der Waals surface area contributed by atoms with E-state index in [0.717, 1.165) is 12.1 Å². The molecule has 0 spiro atoms. The Morgan fingerprint density at radius 2 is 1.82 bits per heavy atom. The minimum atomic E-state index is -3.66. The van der Waals surface area contributed by atoms with Crippen molar-refractivity contribution in [2.75, 3.05) is 13.1 Å². The Morgan fingerprint density at radius 1 is 0.964 bits per heavy atom. The van der Waals surface area contributed by atoms with E-state index in [1.165, 1.54) is 12.1 Å². The zero-order valence-electron chi connectivity index (χ0n) is 15.0. The molecule has 2 unspecified atom stereocenters. The van der Waals surface area contributed by atoms with Gasteiger partial charge in [-0.1, -0.05) is 6.07 Å². The van der Waals surface area contributed by atoms with E-state index in [0.29, 0.717) is 30.5 Å². The summed E-state index contributed by atoms with van der Waals surface area (Å²) in [6.45, 7) is 1.33. The molecule has 0 amide bonds. The van der Waals surface area contributed by atoms with Crippen LogP contribution in [0.3, 0.4) is 0 Å². The quantitative estimate of drug-likeness (QED) is 0.709. The maximum absolute atomic E-state index is 13.3. The molecule has 28 heavy (non-hydrogen) atoms. The van der Waals surface area contributed by atoms with Gasteiger partial charge in [0.25, 0.3) is 5.56 Å². The van der Waals surface area contributed by atoms with Crippen LogP contribution in [0.5, 0.6) is 0 Å². The molecule has 5 rings (SSSR count). The molecule has 0 saturated carbocycles. The highest BCUT2D eigenvalue weighted by Gasteiger charge is 2.39. The van der Waals surface area contributed by atoms with Crippen molar-refractivity contribution in [3.05, 3.63) is 74.9 Å². The minimum absolute atomic E-state index is 0.0213. The zero-order valence-corrected chi connectivity index (χ0v) is 15.9. The third kappa shape index (κ3) is 2.71. The maximum atomic E-state index is 13.3. The number of H-pyrrole nitrogens is 1. The molecular weight excluding hydrogens is 378 g/mol. The van der Waals surface area contributed by atoms with Crippen molar-refractivity contribution in [2.24, 2.45) is 5.92 Å². The van der Waals surface area contributed by atoms with Gasteiger partial charge in [0.05, 0.1) is 4.90 Å². The van der Waals surface area contributed by atoms with Gasteiger partial charge in [0.1, 0.15) is 0 Å². The molecule has 2 bridgehead atoms. The van der Waals surface area contributed by atoms with Crippen LogP contribution in [-0.2, 0) is 16.6 Å². The molecule has 1 saturated heterocycles. The van der Waals surface area contributed by atoms with Gasteiger partial charge in [-0.05, 0) is 48.1 Å². The SMILES string of the molecule is O=c1ccc2cc(S(=O)(=O)N3CC4CC(C3)c3cccc(=O)n3C4)ccc2[nH]1. The number of aromatic nitrogens is 2. The summed E-state index contributed by atoms with van der Waals surface area (Å²) in [5.74, 6) is 0.144. The summed E-state index contributed by atoms with van der Waals surface area (Å²) in [5.41, 5.74) is 1.28. The van der Waals surface area contributed by atoms with E-state index in [9.17, 15) is 18.0 Å². The van der Waals surface area contributed by atoms with Gasteiger partial charge < -0.3 is 9.55 Å². The Morgan fingerprint density at radius 3 is 2.68 bits per heavy atom. The Kier molecular flexibility index (Phi) is 3.82. The highest BCUT2D eigenvalue weighted by Crippen LogP contribution is 2.37. The van der Waals surface area contributed by atoms with E-state index in [1.807, 2.05) is 6.07 Å². The molecule has 3 aromatic rings. The third-order valence-electron chi connectivity index (χ3n) is 5.78. The minimum Gasteiger partial charge on any atom is -0.322 e. The summed E-state index contributed by atoms with van der Waals surface area (Å²) < 4.78 is 29.9. The van der Waals surface area contributed by atoms with E-state index in [2.05, 4.69) is 4.98 Å². The van der Waals surface area contributed by atoms with Crippen molar-refractivity contribution in [3.63, 3.8) is 0 Å². The Balaban J connectivity index is 1.52. The predicted octanol–water partition coefficient (Wildman–Crippen LogP) is 1.50. The van der Waals surface area contributed by atoms with Crippen molar-refractivity contribution in [1.82, 2.24) is 13.9 Å². The third-order valence-corrected chi connectivity index (χ3v) is 7.61. The molecule has 0 radical (unpaired) electrons. The average molecular weight is 397 g/mol. The first-order valence-corrected chi connectivity index (χ1v) is 10.7. The molecule has 2 atom stereocenters. The number of hydrogen-bond acceptors (Lipinski definition) is 4. The van der Waals surface area contributed by atoms with E-state index < -0.39 is 10.0 Å². The van der Waals surface area contributed by atoms with Gasteiger partial charge in [-0.2, -0.15) is 4.31 Å². The number of piperidine rings is 1. The first kappa shape index (κ1) is 17.4. The number of fused-ring (bicyclic) bond motifs is 5. The zero-order chi connectivity index (χ0) is 19.5. The first-order valence-electron chi connectivity index (χ1n) is 9.25. The lowest BCUT2D eigenvalue weighted by molar-refractivity contribution is 0.186. The standard InChI is InChI=1S/C20H19N3O4S/c24-19-7-4-14-9-16(5-6-17(14)21-19)28(26,27)22-10-13-8-15(12-22)18-2-1-3-20(25)23(18)11-13/h1-7,9,13,15H,8,10-12H2,(H,21,24). The van der Waals surface area contributed by atoms with Gasteiger partial charge in [0.15, 0.2) is 0 Å². The van der Waals surface area contributed by atoms with E-state index in [4.69, 9.17) is 0 Å². The molecule has 2 aliphatic heterocycles. The normalized spacial score (nSPS) is 22.1. The van der Waals surface area contributed by atoms with E-state index >= 15 is 0 Å². The van der Waals surface area contributed by atoms with Gasteiger partial charge >= 0.3 is 0 Å². The van der Waals surface area contributed by atoms with Gasteiger partial charge in [0, 0.05) is 48.9 Å². The number of nitrogens with one attached hydrogen (secondary N) is 1. The Labute approximate surface area is 161 Å². The summed E-state index contributed by atoms with van der Waals surface area (Å²) in [5, 5.41) is 0.676. The number of pyridine rings is 2. The molecule has 144 valence electrons. The van der Waals surface area contributed by atoms with Crippen LogP contribution < -0.4 is 11.1 Å². The highest BCUT2D eigenvalue weighted by molar-refractivity contribution is 7.89. The van der Waals surface area contributed by atoms with Crippen LogP contribution >= 0.6 is 0 Å². The number of nitrogens with zero attached hydrogens (tertiary/aromatic N) is 2. The number of hydrogen-bond donors (Lipinski definition) is 1. The fourth-order valence-electron chi connectivity index (χ4n) is 4.49.